The van der Waals surface area contributed by atoms with Crippen molar-refractivity contribution in [2.45, 2.75) is 19.3 Å². The first kappa shape index (κ1) is 16.7. The first-order valence-corrected chi connectivity index (χ1v) is 9.09. The van der Waals surface area contributed by atoms with Gasteiger partial charge in [0.15, 0.2) is 7.37 Å². The minimum Gasteiger partial charge on any atom is -0.332 e. The number of hydrogen-bond donors (Lipinski definition) is 0. The van der Waals surface area contributed by atoms with Gasteiger partial charge in [-0.15, -0.1) is 6.42 Å². The summed E-state index contributed by atoms with van der Waals surface area (Å²) >= 11 is 0. The molecule has 7 heteroatoms. The van der Waals surface area contributed by atoms with Gasteiger partial charge in [-0.1, -0.05) is 12.3 Å². The van der Waals surface area contributed by atoms with Gasteiger partial charge in [0.25, 0.3) is 10.1 Å². The first-order valence-electron chi connectivity index (χ1n) is 5.26. The van der Waals surface area contributed by atoms with Crippen molar-refractivity contribution in [2.24, 2.45) is 0 Å². The lowest BCUT2D eigenvalue weighted by Gasteiger charge is -2.09. The summed E-state index contributed by atoms with van der Waals surface area (Å²) in [4.78, 5) is 0. The van der Waals surface area contributed by atoms with E-state index >= 15 is 0 Å². The number of terminal acetylenes is 1. The molecular formula is C10H19O5PS. The van der Waals surface area contributed by atoms with Gasteiger partial charge in [0.1, 0.15) is 6.61 Å². The van der Waals surface area contributed by atoms with Crippen LogP contribution in [0, 0.1) is 12.3 Å². The lowest BCUT2D eigenvalue weighted by atomic mass is 10.3. The van der Waals surface area contributed by atoms with Crippen LogP contribution in [0.5, 0.6) is 0 Å². The molecule has 0 N–H and O–H groups in total. The zero-order valence-corrected chi connectivity index (χ0v) is 11.9. The Morgan fingerprint density at radius 2 is 1.94 bits per heavy atom. The molecule has 100 valence electrons. The van der Waals surface area contributed by atoms with E-state index in [0.29, 0.717) is 25.4 Å². The molecule has 0 aromatic heterocycles. The van der Waals surface area contributed by atoms with Crippen molar-refractivity contribution in [3.8, 4) is 12.3 Å². The SMILES string of the molecule is C#CCOS(=O)(=O)CCCCCP(C)(=O)OC. The maximum atomic E-state index is 11.5. The predicted molar refractivity (Wildman–Crippen MR) is 67.8 cm³/mol. The average molecular weight is 282 g/mol. The Kier molecular flexibility index (Phi) is 7.73. The van der Waals surface area contributed by atoms with Crippen molar-refractivity contribution in [2.75, 3.05) is 32.3 Å². The first-order chi connectivity index (χ1) is 7.83. The van der Waals surface area contributed by atoms with Crippen molar-refractivity contribution < 1.29 is 21.7 Å². The maximum Gasteiger partial charge on any atom is 0.268 e. The van der Waals surface area contributed by atoms with Crippen LogP contribution in [0.2, 0.25) is 0 Å². The van der Waals surface area contributed by atoms with Crippen LogP contribution in [0.3, 0.4) is 0 Å². The summed E-state index contributed by atoms with van der Waals surface area (Å²) in [7, 11) is -4.57. The second kappa shape index (κ2) is 7.88. The van der Waals surface area contributed by atoms with Crippen LogP contribution >= 0.6 is 7.37 Å². The van der Waals surface area contributed by atoms with Crippen molar-refractivity contribution in [3.05, 3.63) is 0 Å². The molecule has 0 spiro atoms. The molecule has 0 bridgehead atoms. The fourth-order valence-corrected chi connectivity index (χ4v) is 3.03. The number of hydrogen-bond acceptors (Lipinski definition) is 5. The van der Waals surface area contributed by atoms with Gasteiger partial charge in [0.2, 0.25) is 0 Å². The van der Waals surface area contributed by atoms with Crippen molar-refractivity contribution >= 4 is 17.5 Å². The number of rotatable bonds is 9. The summed E-state index contributed by atoms with van der Waals surface area (Å²) in [5, 5.41) is 0. The zero-order chi connectivity index (χ0) is 13.4. The van der Waals surface area contributed by atoms with Crippen molar-refractivity contribution in [1.82, 2.24) is 0 Å². The molecule has 1 unspecified atom stereocenters. The third kappa shape index (κ3) is 9.37. The third-order valence-corrected chi connectivity index (χ3v) is 5.33. The van der Waals surface area contributed by atoms with Crippen LogP contribution in [0.1, 0.15) is 19.3 Å². The fourth-order valence-electron chi connectivity index (χ4n) is 1.13. The van der Waals surface area contributed by atoms with Crippen LogP contribution in [0.4, 0.5) is 0 Å². The van der Waals surface area contributed by atoms with E-state index in [2.05, 4.69) is 10.1 Å². The Labute approximate surface area is 103 Å². The second-order valence-electron chi connectivity index (χ2n) is 3.71. The summed E-state index contributed by atoms with van der Waals surface area (Å²) in [6.07, 6.45) is 7.17. The van der Waals surface area contributed by atoms with Gasteiger partial charge in [-0.2, -0.15) is 8.42 Å². The smallest absolute Gasteiger partial charge is 0.268 e. The summed E-state index contributed by atoms with van der Waals surface area (Å²) < 4.78 is 43.2. The Balaban J connectivity index is 3.72. The maximum absolute atomic E-state index is 11.5. The third-order valence-electron chi connectivity index (χ3n) is 2.17. The molecule has 0 aromatic rings. The van der Waals surface area contributed by atoms with E-state index in [1.54, 1.807) is 6.66 Å². The highest BCUT2D eigenvalue weighted by atomic mass is 32.2. The topological polar surface area (TPSA) is 69.7 Å². The van der Waals surface area contributed by atoms with E-state index in [4.69, 9.17) is 10.9 Å². The van der Waals surface area contributed by atoms with Crippen LogP contribution in [-0.4, -0.2) is 40.7 Å². The largest absolute Gasteiger partial charge is 0.332 e. The molecule has 0 radical (unpaired) electrons. The molecule has 17 heavy (non-hydrogen) atoms. The number of unbranched alkanes of at least 4 members (excludes halogenated alkanes) is 2. The van der Waals surface area contributed by atoms with E-state index in [0.717, 1.165) is 0 Å². The standard InChI is InChI=1S/C10H19O5PS/c1-4-8-15-17(12,13)10-7-5-6-9-16(3,11)14-2/h1H,5-10H2,2-3H3. The summed E-state index contributed by atoms with van der Waals surface area (Å²) in [6.45, 7) is 1.34. The van der Waals surface area contributed by atoms with Gasteiger partial charge in [-0.3, -0.25) is 8.75 Å². The van der Waals surface area contributed by atoms with E-state index in [1.165, 1.54) is 7.11 Å². The molecule has 0 aliphatic carbocycles. The molecule has 0 rings (SSSR count). The fraction of sp³-hybridized carbons (Fsp3) is 0.800. The van der Waals surface area contributed by atoms with Gasteiger partial charge in [-0.25, -0.2) is 0 Å². The van der Waals surface area contributed by atoms with Gasteiger partial charge in [0, 0.05) is 19.9 Å². The van der Waals surface area contributed by atoms with Gasteiger partial charge in [0.05, 0.1) is 5.75 Å². The highest BCUT2D eigenvalue weighted by molar-refractivity contribution is 7.86. The Morgan fingerprint density at radius 1 is 1.29 bits per heavy atom. The molecular weight excluding hydrogens is 263 g/mol. The molecule has 0 saturated heterocycles. The lowest BCUT2D eigenvalue weighted by molar-refractivity contribution is 0.362. The molecule has 0 fully saturated rings. The molecule has 0 aliphatic heterocycles. The van der Waals surface area contributed by atoms with Gasteiger partial charge in [-0.05, 0) is 12.8 Å². The molecule has 0 saturated carbocycles. The normalized spacial score (nSPS) is 15.1. The zero-order valence-electron chi connectivity index (χ0n) is 10.2. The molecule has 5 nitrogen and oxygen atoms in total. The Bertz CT molecular complexity index is 395. The molecule has 0 amide bonds. The molecule has 0 aliphatic rings. The highest BCUT2D eigenvalue weighted by Crippen LogP contribution is 2.42. The Morgan fingerprint density at radius 3 is 2.47 bits per heavy atom. The van der Waals surface area contributed by atoms with E-state index < -0.39 is 17.5 Å². The molecule has 0 aromatic carbocycles. The molecule has 0 heterocycles. The monoisotopic (exact) mass is 282 g/mol. The minimum absolute atomic E-state index is 0.0598. The van der Waals surface area contributed by atoms with Crippen molar-refractivity contribution in [1.29, 1.82) is 0 Å². The molecule has 1 atom stereocenters. The predicted octanol–water partition coefficient (Wildman–Crippen LogP) is 1.69. The summed E-state index contributed by atoms with van der Waals surface area (Å²) in [6, 6.07) is 0. The van der Waals surface area contributed by atoms with Gasteiger partial charge >= 0.3 is 0 Å². The second-order valence-corrected chi connectivity index (χ2v) is 8.31. The van der Waals surface area contributed by atoms with Crippen LogP contribution in [-0.2, 0) is 23.4 Å². The minimum atomic E-state index is -3.51. The van der Waals surface area contributed by atoms with Crippen LogP contribution in [0.25, 0.3) is 0 Å². The average Bonchev–Trinajstić information content (AvgIpc) is 2.26. The van der Waals surface area contributed by atoms with Crippen LogP contribution in [0.15, 0.2) is 0 Å². The quantitative estimate of drug-likeness (QED) is 0.278. The Hall–Kier alpha value is -0.340. The van der Waals surface area contributed by atoms with Gasteiger partial charge < -0.3 is 4.52 Å². The highest BCUT2D eigenvalue weighted by Gasteiger charge is 2.14. The van der Waals surface area contributed by atoms with E-state index in [-0.39, 0.29) is 12.4 Å². The lowest BCUT2D eigenvalue weighted by Crippen LogP contribution is -2.10. The van der Waals surface area contributed by atoms with E-state index in [1.807, 2.05) is 0 Å². The van der Waals surface area contributed by atoms with Crippen molar-refractivity contribution in [3.63, 3.8) is 0 Å². The summed E-state index contributed by atoms with van der Waals surface area (Å²) in [5.41, 5.74) is 0. The van der Waals surface area contributed by atoms with Crippen LogP contribution < -0.4 is 0 Å². The van der Waals surface area contributed by atoms with E-state index in [9.17, 15) is 13.0 Å². The summed E-state index contributed by atoms with van der Waals surface area (Å²) in [5.74, 6) is 2.04.